The van der Waals surface area contributed by atoms with Crippen molar-refractivity contribution in [1.82, 2.24) is 15.5 Å². The van der Waals surface area contributed by atoms with Crippen LogP contribution in [0.4, 0.5) is 0 Å². The zero-order valence-corrected chi connectivity index (χ0v) is 13.5. The molecule has 114 valence electrons. The first-order chi connectivity index (χ1) is 8.16. The van der Waals surface area contributed by atoms with Crippen LogP contribution in [-0.2, 0) is 4.79 Å². The molecule has 3 atom stereocenters. The van der Waals surface area contributed by atoms with Crippen molar-refractivity contribution in [3.63, 3.8) is 0 Å². The third-order valence-corrected chi connectivity index (χ3v) is 4.15. The van der Waals surface area contributed by atoms with Gasteiger partial charge in [0, 0.05) is 18.6 Å². The minimum Gasteiger partial charge on any atom is -0.353 e. The molecule has 2 N–H and O–H groups in total. The first-order valence-electron chi connectivity index (χ1n) is 6.84. The highest BCUT2D eigenvalue weighted by Gasteiger charge is 2.28. The molecule has 0 aromatic heterocycles. The van der Waals surface area contributed by atoms with Crippen LogP contribution >= 0.6 is 24.8 Å². The zero-order valence-electron chi connectivity index (χ0n) is 11.9. The number of hydrogen-bond donors (Lipinski definition) is 2. The third-order valence-electron chi connectivity index (χ3n) is 4.15. The highest BCUT2D eigenvalue weighted by molar-refractivity contribution is 5.85. The summed E-state index contributed by atoms with van der Waals surface area (Å²) >= 11 is 0. The van der Waals surface area contributed by atoms with Crippen LogP contribution in [0.25, 0.3) is 0 Å². The Labute approximate surface area is 128 Å². The van der Waals surface area contributed by atoms with Crippen molar-refractivity contribution < 1.29 is 4.79 Å². The maximum atomic E-state index is 12.0. The van der Waals surface area contributed by atoms with E-state index in [0.717, 1.165) is 32.4 Å². The van der Waals surface area contributed by atoms with E-state index in [9.17, 15) is 4.79 Å². The van der Waals surface area contributed by atoms with Gasteiger partial charge in [-0.05, 0) is 52.7 Å². The monoisotopic (exact) mass is 311 g/mol. The Morgan fingerprint density at radius 1 is 1.21 bits per heavy atom. The normalized spacial score (nSPS) is 30.4. The Balaban J connectivity index is 0.00000162. The molecule has 19 heavy (non-hydrogen) atoms. The van der Waals surface area contributed by atoms with Crippen LogP contribution in [0.3, 0.4) is 0 Å². The molecule has 1 saturated heterocycles. The summed E-state index contributed by atoms with van der Waals surface area (Å²) in [5, 5.41) is 6.49. The molecular weight excluding hydrogens is 285 g/mol. The quantitative estimate of drug-likeness (QED) is 0.829. The molecule has 2 rings (SSSR count). The molecule has 1 aliphatic carbocycles. The zero-order chi connectivity index (χ0) is 12.3. The first kappa shape index (κ1) is 19.0. The van der Waals surface area contributed by atoms with Gasteiger partial charge in [0.2, 0.25) is 5.91 Å². The van der Waals surface area contributed by atoms with E-state index in [1.807, 2.05) is 0 Å². The van der Waals surface area contributed by atoms with Crippen LogP contribution in [0.2, 0.25) is 0 Å². The number of nitrogens with zero attached hydrogens (tertiary/aromatic N) is 1. The Bertz CT molecular complexity index is 271. The van der Waals surface area contributed by atoms with Crippen molar-refractivity contribution >= 4 is 30.7 Å². The maximum absolute atomic E-state index is 12.0. The number of nitrogens with one attached hydrogen (secondary N) is 2. The minimum atomic E-state index is 0. The topological polar surface area (TPSA) is 44.4 Å². The lowest BCUT2D eigenvalue weighted by Gasteiger charge is -2.34. The summed E-state index contributed by atoms with van der Waals surface area (Å²) in [6, 6.07) is 1.03. The summed E-state index contributed by atoms with van der Waals surface area (Å²) in [4.78, 5) is 14.3. The molecule has 1 saturated carbocycles. The fourth-order valence-corrected chi connectivity index (χ4v) is 2.96. The fourth-order valence-electron chi connectivity index (χ4n) is 2.96. The van der Waals surface area contributed by atoms with Gasteiger partial charge in [0.05, 0.1) is 5.92 Å². The van der Waals surface area contributed by atoms with Gasteiger partial charge in [-0.15, -0.1) is 24.8 Å². The summed E-state index contributed by atoms with van der Waals surface area (Å²) in [5.74, 6) is 0.467. The van der Waals surface area contributed by atoms with E-state index in [0.29, 0.717) is 12.1 Å². The van der Waals surface area contributed by atoms with Crippen molar-refractivity contribution in [1.29, 1.82) is 0 Å². The molecule has 6 heteroatoms. The second kappa shape index (κ2) is 9.01. The van der Waals surface area contributed by atoms with Crippen molar-refractivity contribution in [3.05, 3.63) is 0 Å². The van der Waals surface area contributed by atoms with Crippen LogP contribution in [0.5, 0.6) is 0 Å². The SMILES string of the molecule is CN(C)C1CCCC(NC(=O)C2CCNC2)C1.Cl.Cl. The summed E-state index contributed by atoms with van der Waals surface area (Å²) in [5.41, 5.74) is 0. The van der Waals surface area contributed by atoms with Crippen LogP contribution in [0, 0.1) is 5.92 Å². The Hall–Kier alpha value is -0.0300. The fraction of sp³-hybridized carbons (Fsp3) is 0.923. The summed E-state index contributed by atoms with van der Waals surface area (Å²) in [7, 11) is 4.27. The molecular formula is C13H27Cl2N3O. The Morgan fingerprint density at radius 2 is 1.95 bits per heavy atom. The van der Waals surface area contributed by atoms with E-state index < -0.39 is 0 Å². The number of hydrogen-bond acceptors (Lipinski definition) is 3. The molecule has 4 nitrogen and oxygen atoms in total. The molecule has 0 spiro atoms. The van der Waals surface area contributed by atoms with E-state index in [4.69, 9.17) is 0 Å². The molecule has 1 amide bonds. The molecule has 1 aliphatic heterocycles. The number of carbonyl (C=O) groups excluding carboxylic acids is 1. The summed E-state index contributed by atoms with van der Waals surface area (Å²) < 4.78 is 0. The van der Waals surface area contributed by atoms with Crippen LogP contribution < -0.4 is 10.6 Å². The number of carbonyl (C=O) groups is 1. The van der Waals surface area contributed by atoms with Gasteiger partial charge in [0.25, 0.3) is 0 Å². The molecule has 0 aromatic carbocycles. The van der Waals surface area contributed by atoms with Crippen LogP contribution in [0.1, 0.15) is 32.1 Å². The molecule has 0 aromatic rings. The second-order valence-corrected chi connectivity index (χ2v) is 5.68. The van der Waals surface area contributed by atoms with Crippen molar-refractivity contribution in [3.8, 4) is 0 Å². The smallest absolute Gasteiger partial charge is 0.224 e. The summed E-state index contributed by atoms with van der Waals surface area (Å²) in [6.07, 6.45) is 5.76. The lowest BCUT2D eigenvalue weighted by molar-refractivity contribution is -0.125. The Morgan fingerprint density at radius 3 is 2.53 bits per heavy atom. The number of rotatable bonds is 3. The van der Waals surface area contributed by atoms with Crippen molar-refractivity contribution in [2.45, 2.75) is 44.2 Å². The molecule has 2 fully saturated rings. The lowest BCUT2D eigenvalue weighted by Crippen LogP contribution is -2.45. The average Bonchev–Trinajstić information content (AvgIpc) is 2.82. The second-order valence-electron chi connectivity index (χ2n) is 5.68. The predicted octanol–water partition coefficient (Wildman–Crippen LogP) is 1.43. The molecule has 3 unspecified atom stereocenters. The third kappa shape index (κ3) is 5.46. The van der Waals surface area contributed by atoms with E-state index in [2.05, 4.69) is 29.6 Å². The predicted molar refractivity (Wildman–Crippen MR) is 83.3 cm³/mol. The van der Waals surface area contributed by atoms with Crippen molar-refractivity contribution in [2.75, 3.05) is 27.2 Å². The van der Waals surface area contributed by atoms with Gasteiger partial charge in [-0.2, -0.15) is 0 Å². The van der Waals surface area contributed by atoms with Gasteiger partial charge < -0.3 is 15.5 Å². The van der Waals surface area contributed by atoms with Gasteiger partial charge in [-0.3, -0.25) is 4.79 Å². The number of amides is 1. The van der Waals surface area contributed by atoms with E-state index in [1.54, 1.807) is 0 Å². The van der Waals surface area contributed by atoms with Gasteiger partial charge in [0.15, 0.2) is 0 Å². The molecule has 1 heterocycles. The van der Waals surface area contributed by atoms with Gasteiger partial charge in [-0.25, -0.2) is 0 Å². The summed E-state index contributed by atoms with van der Waals surface area (Å²) in [6.45, 7) is 1.85. The standard InChI is InChI=1S/C13H25N3O.2ClH/c1-16(2)12-5-3-4-11(8-12)15-13(17)10-6-7-14-9-10;;/h10-12,14H,3-9H2,1-2H3,(H,15,17);2*1H. The highest BCUT2D eigenvalue weighted by Crippen LogP contribution is 2.22. The van der Waals surface area contributed by atoms with Gasteiger partial charge in [-0.1, -0.05) is 0 Å². The molecule has 2 aliphatic rings. The van der Waals surface area contributed by atoms with E-state index in [-0.39, 0.29) is 36.6 Å². The molecule has 0 radical (unpaired) electrons. The van der Waals surface area contributed by atoms with Gasteiger partial charge in [0.1, 0.15) is 0 Å². The Kier molecular flexibility index (Phi) is 8.99. The first-order valence-corrected chi connectivity index (χ1v) is 6.84. The average molecular weight is 312 g/mol. The van der Waals surface area contributed by atoms with Crippen LogP contribution in [-0.4, -0.2) is 50.1 Å². The molecule has 0 bridgehead atoms. The van der Waals surface area contributed by atoms with E-state index in [1.165, 1.54) is 12.8 Å². The number of halogens is 2. The van der Waals surface area contributed by atoms with E-state index >= 15 is 0 Å². The van der Waals surface area contributed by atoms with Crippen LogP contribution in [0.15, 0.2) is 0 Å². The maximum Gasteiger partial charge on any atom is 0.224 e. The highest BCUT2D eigenvalue weighted by atomic mass is 35.5. The lowest BCUT2D eigenvalue weighted by atomic mass is 9.90. The van der Waals surface area contributed by atoms with Crippen molar-refractivity contribution in [2.24, 2.45) is 5.92 Å². The minimum absolute atomic E-state index is 0. The largest absolute Gasteiger partial charge is 0.353 e. The van der Waals surface area contributed by atoms with Gasteiger partial charge >= 0.3 is 0 Å².